The van der Waals surface area contributed by atoms with Crippen molar-refractivity contribution in [3.8, 4) is 0 Å². The molecule has 0 N–H and O–H groups in total. The van der Waals surface area contributed by atoms with E-state index >= 15 is 0 Å². The van der Waals surface area contributed by atoms with E-state index in [0.717, 1.165) is 6.04 Å². The first-order valence-corrected chi connectivity index (χ1v) is 8.45. The summed E-state index contributed by atoms with van der Waals surface area (Å²) < 4.78 is 5.89. The van der Waals surface area contributed by atoms with E-state index in [0.29, 0.717) is 0 Å². The highest BCUT2D eigenvalue weighted by Gasteiger charge is 2.25. The largest absolute Gasteiger partial charge is 0.347 e. The number of unbranched alkanes of at least 4 members (excludes halogenated alkanes) is 1. The first-order valence-electron chi connectivity index (χ1n) is 5.67. The zero-order valence-electron chi connectivity index (χ0n) is 9.25. The molecule has 0 saturated carbocycles. The van der Waals surface area contributed by atoms with E-state index in [1.165, 1.54) is 38.6 Å². The van der Waals surface area contributed by atoms with E-state index in [4.69, 9.17) is 4.53 Å². The highest BCUT2D eigenvalue weighted by atomic mass is 28.3. The Kier molecular flexibility index (Phi) is 4.99. The zero-order chi connectivity index (χ0) is 9.68. The normalized spacial score (nSPS) is 24.5. The lowest BCUT2D eigenvalue weighted by Crippen LogP contribution is -2.33. The van der Waals surface area contributed by atoms with E-state index in [2.05, 4.69) is 25.1 Å². The molecule has 3 heteroatoms. The van der Waals surface area contributed by atoms with Crippen LogP contribution < -0.4 is 0 Å². The van der Waals surface area contributed by atoms with Gasteiger partial charge in [-0.15, -0.1) is 0 Å². The minimum atomic E-state index is -0.870. The summed E-state index contributed by atoms with van der Waals surface area (Å²) in [5, 5.41) is 2.27. The van der Waals surface area contributed by atoms with Gasteiger partial charge in [-0.3, -0.25) is 0 Å². The van der Waals surface area contributed by atoms with Crippen molar-refractivity contribution in [3.05, 3.63) is 0 Å². The average molecular weight is 201 g/mol. The maximum Gasteiger partial charge on any atom is 0.199 e. The first kappa shape index (κ1) is 11.2. The van der Waals surface area contributed by atoms with Gasteiger partial charge in [0.2, 0.25) is 0 Å². The number of hydrogen-bond donors (Lipinski definition) is 0. The van der Waals surface area contributed by atoms with Crippen molar-refractivity contribution in [1.29, 1.82) is 0 Å². The maximum absolute atomic E-state index is 5.89. The minimum Gasteiger partial charge on any atom is -0.347 e. The topological polar surface area (TPSA) is 12.5 Å². The Morgan fingerprint density at radius 1 is 1.46 bits per heavy atom. The lowest BCUT2D eigenvalue weighted by Gasteiger charge is -2.25. The molecule has 1 rings (SSSR count). The summed E-state index contributed by atoms with van der Waals surface area (Å²) in [5.74, 6) is 0. The summed E-state index contributed by atoms with van der Waals surface area (Å²) in [5.41, 5.74) is 0. The van der Waals surface area contributed by atoms with Crippen LogP contribution in [0.5, 0.6) is 0 Å². The molecule has 0 amide bonds. The van der Waals surface area contributed by atoms with Crippen LogP contribution in [-0.2, 0) is 4.53 Å². The zero-order valence-corrected chi connectivity index (χ0v) is 10.4. The maximum atomic E-state index is 5.89. The highest BCUT2D eigenvalue weighted by Crippen LogP contribution is 2.22. The number of nitrogens with zero attached hydrogens (tertiary/aromatic N) is 1. The Labute approximate surface area is 83.9 Å². The summed E-state index contributed by atoms with van der Waals surface area (Å²) in [6, 6.07) is 0.731. The van der Waals surface area contributed by atoms with Gasteiger partial charge in [0.05, 0.1) is 0 Å². The molecule has 0 spiro atoms. The van der Waals surface area contributed by atoms with Crippen LogP contribution in [0.15, 0.2) is 0 Å². The molecule has 0 aromatic heterocycles. The minimum absolute atomic E-state index is 0.731. The fourth-order valence-corrected chi connectivity index (χ4v) is 2.77. The van der Waals surface area contributed by atoms with Crippen LogP contribution >= 0.6 is 0 Å². The van der Waals surface area contributed by atoms with Gasteiger partial charge in [-0.25, -0.2) is 0 Å². The molecule has 1 unspecified atom stereocenters. The Bertz CT molecular complexity index is 141. The molecule has 13 heavy (non-hydrogen) atoms. The smallest absolute Gasteiger partial charge is 0.199 e. The summed E-state index contributed by atoms with van der Waals surface area (Å²) in [4.78, 5) is 0. The Morgan fingerprint density at radius 2 is 2.23 bits per heavy atom. The van der Waals surface area contributed by atoms with Crippen LogP contribution in [0, 0.1) is 0 Å². The van der Waals surface area contributed by atoms with Crippen molar-refractivity contribution in [3.63, 3.8) is 0 Å². The molecule has 0 aliphatic carbocycles. The molecule has 0 radical (unpaired) electrons. The van der Waals surface area contributed by atoms with Crippen molar-refractivity contribution in [2.24, 2.45) is 0 Å². The molecule has 1 aliphatic rings. The fraction of sp³-hybridized carbons (Fsp3) is 1.00. The van der Waals surface area contributed by atoms with E-state index in [-0.39, 0.29) is 0 Å². The Balaban J connectivity index is 2.26. The Morgan fingerprint density at radius 3 is 2.85 bits per heavy atom. The monoisotopic (exact) mass is 201 g/mol. The molecule has 1 saturated heterocycles. The van der Waals surface area contributed by atoms with Gasteiger partial charge >= 0.3 is 0 Å². The van der Waals surface area contributed by atoms with Gasteiger partial charge in [-0.05, 0) is 32.4 Å². The van der Waals surface area contributed by atoms with Crippen LogP contribution in [0.2, 0.25) is 13.1 Å². The highest BCUT2D eigenvalue weighted by molar-refractivity contribution is 6.48. The lowest BCUT2D eigenvalue weighted by atomic mass is 10.1. The predicted molar refractivity (Wildman–Crippen MR) is 59.2 cm³/mol. The number of hydroxylamine groups is 2. The van der Waals surface area contributed by atoms with E-state index in [9.17, 15) is 0 Å². The average Bonchev–Trinajstić information content (AvgIpc) is 2.48. The second kappa shape index (κ2) is 5.78. The second-order valence-electron chi connectivity index (χ2n) is 4.23. The van der Waals surface area contributed by atoms with Gasteiger partial charge in [-0.2, -0.15) is 5.06 Å². The molecule has 1 heterocycles. The van der Waals surface area contributed by atoms with Gasteiger partial charge in [0.1, 0.15) is 0 Å². The third-order valence-electron chi connectivity index (χ3n) is 2.56. The summed E-state index contributed by atoms with van der Waals surface area (Å²) in [6.07, 6.45) is 6.67. The molecule has 78 valence electrons. The summed E-state index contributed by atoms with van der Waals surface area (Å²) >= 11 is 0. The number of hydrogen-bond acceptors (Lipinski definition) is 2. The van der Waals surface area contributed by atoms with Crippen molar-refractivity contribution >= 4 is 9.04 Å². The molecule has 0 aromatic rings. The van der Waals surface area contributed by atoms with Crippen LogP contribution in [0.1, 0.15) is 39.0 Å². The molecule has 2 nitrogen and oxygen atoms in total. The molecule has 1 atom stereocenters. The quantitative estimate of drug-likeness (QED) is 0.634. The molecular weight excluding hydrogens is 178 g/mol. The fourth-order valence-electron chi connectivity index (χ4n) is 1.95. The first-order chi connectivity index (χ1) is 6.24. The van der Waals surface area contributed by atoms with Crippen LogP contribution in [-0.4, -0.2) is 26.7 Å². The molecule has 1 aliphatic heterocycles. The van der Waals surface area contributed by atoms with E-state index in [1.807, 2.05) is 0 Å². The van der Waals surface area contributed by atoms with Crippen molar-refractivity contribution in [2.45, 2.75) is 58.2 Å². The van der Waals surface area contributed by atoms with Crippen molar-refractivity contribution < 1.29 is 4.53 Å². The van der Waals surface area contributed by atoms with E-state index in [1.54, 1.807) is 0 Å². The van der Waals surface area contributed by atoms with Gasteiger partial charge in [0.25, 0.3) is 0 Å². The van der Waals surface area contributed by atoms with Gasteiger partial charge in [0.15, 0.2) is 9.04 Å². The summed E-state index contributed by atoms with van der Waals surface area (Å²) in [6.45, 7) is 7.92. The third-order valence-corrected chi connectivity index (χ3v) is 3.25. The molecular formula is C10H23NOSi. The predicted octanol–water partition coefficient (Wildman–Crippen LogP) is 2.56. The standard InChI is InChI=1S/C10H23NOSi/c1-4-5-7-10-8-6-9-11(10)12-13(2)3/h10,13H,4-9H2,1-3H3. The Hall–Kier alpha value is 0.137. The van der Waals surface area contributed by atoms with Gasteiger partial charge < -0.3 is 4.53 Å². The third kappa shape index (κ3) is 3.79. The molecule has 1 fully saturated rings. The van der Waals surface area contributed by atoms with Crippen LogP contribution in [0.4, 0.5) is 0 Å². The SMILES string of the molecule is CCCCC1CCCN1O[SiH](C)C. The summed E-state index contributed by atoms with van der Waals surface area (Å²) in [7, 11) is -0.870. The van der Waals surface area contributed by atoms with E-state index < -0.39 is 9.04 Å². The van der Waals surface area contributed by atoms with Gasteiger partial charge in [0, 0.05) is 12.6 Å². The van der Waals surface area contributed by atoms with Crippen molar-refractivity contribution in [2.75, 3.05) is 6.54 Å². The molecule has 0 bridgehead atoms. The lowest BCUT2D eigenvalue weighted by molar-refractivity contribution is -0.0759. The number of rotatable bonds is 5. The van der Waals surface area contributed by atoms with Crippen LogP contribution in [0.3, 0.4) is 0 Å². The second-order valence-corrected chi connectivity index (χ2v) is 6.54. The van der Waals surface area contributed by atoms with Crippen molar-refractivity contribution in [1.82, 2.24) is 5.06 Å². The van der Waals surface area contributed by atoms with Crippen LogP contribution in [0.25, 0.3) is 0 Å². The molecule has 0 aromatic carbocycles. The van der Waals surface area contributed by atoms with Gasteiger partial charge in [-0.1, -0.05) is 19.8 Å².